The molecule has 0 aliphatic rings. The number of nitrogens with one attached hydrogen (secondary N) is 1. The van der Waals surface area contributed by atoms with Gasteiger partial charge in [0.05, 0.1) is 0 Å². The quantitative estimate of drug-likeness (QED) is 0.700. The van der Waals surface area contributed by atoms with Crippen molar-refractivity contribution in [2.45, 2.75) is 19.8 Å². The Labute approximate surface area is 70.0 Å². The first-order chi connectivity index (χ1) is 5.15. The zero-order chi connectivity index (χ0) is 8.43. The summed E-state index contributed by atoms with van der Waals surface area (Å²) >= 11 is 5.65. The highest BCUT2D eigenvalue weighted by molar-refractivity contribution is 6.30. The fraction of sp³-hybridized carbons (Fsp3) is 0.429. The molecule has 1 rings (SSSR count). The summed E-state index contributed by atoms with van der Waals surface area (Å²) in [5, 5.41) is 8.83. The third kappa shape index (κ3) is 1.52. The molecule has 11 heavy (non-hydrogen) atoms. The predicted molar refractivity (Wildman–Crippen MR) is 42.4 cm³/mol. The minimum absolute atomic E-state index is 0.273. The third-order valence-electron chi connectivity index (χ3n) is 1.33. The van der Waals surface area contributed by atoms with E-state index in [1.54, 1.807) is 0 Å². The molecule has 0 unspecified atom stereocenters. The van der Waals surface area contributed by atoms with Crippen LogP contribution in [0.1, 0.15) is 31.3 Å². The number of H-pyrrole nitrogens is 1. The van der Waals surface area contributed by atoms with Crippen LogP contribution in [0, 0.1) is 11.3 Å². The molecule has 1 heterocycles. The Hall–Kier alpha value is -1.01. The molecule has 0 atom stereocenters. The lowest BCUT2D eigenvalue weighted by Gasteiger charge is -1.95. The summed E-state index contributed by atoms with van der Waals surface area (Å²) in [6, 6.07) is 1.90. The highest BCUT2D eigenvalue weighted by Crippen LogP contribution is 2.16. The maximum absolute atomic E-state index is 8.50. The van der Waals surface area contributed by atoms with E-state index in [1.165, 1.54) is 0 Å². The molecular weight excluding hydrogens is 162 g/mol. The number of hydrogen-bond acceptors (Lipinski definition) is 2. The lowest BCUT2D eigenvalue weighted by Crippen LogP contribution is -1.89. The minimum Gasteiger partial charge on any atom is -0.332 e. The molecule has 0 aliphatic carbocycles. The van der Waals surface area contributed by atoms with Crippen molar-refractivity contribution in [3.8, 4) is 6.07 Å². The van der Waals surface area contributed by atoms with E-state index in [9.17, 15) is 0 Å². The molecule has 0 spiro atoms. The molecule has 1 aromatic heterocycles. The number of nitrogens with zero attached hydrogens (tertiary/aromatic N) is 2. The number of halogens is 1. The van der Waals surface area contributed by atoms with Crippen LogP contribution in [-0.2, 0) is 0 Å². The highest BCUT2D eigenvalue weighted by atomic mass is 35.5. The summed E-state index contributed by atoms with van der Waals surface area (Å²) in [6.45, 7) is 3.96. The average Bonchev–Trinajstić information content (AvgIpc) is 2.31. The first-order valence-electron chi connectivity index (χ1n) is 3.30. The molecule has 0 bridgehead atoms. The Balaban J connectivity index is 3.07. The van der Waals surface area contributed by atoms with Crippen molar-refractivity contribution in [1.29, 1.82) is 5.26 Å². The molecule has 1 N–H and O–H groups in total. The zero-order valence-corrected chi connectivity index (χ0v) is 7.11. The van der Waals surface area contributed by atoms with Gasteiger partial charge >= 0.3 is 0 Å². The van der Waals surface area contributed by atoms with Crippen LogP contribution in [-0.4, -0.2) is 9.97 Å². The second-order valence-corrected chi connectivity index (χ2v) is 2.93. The summed E-state index contributed by atoms with van der Waals surface area (Å²) in [5.41, 5.74) is 0.273. The van der Waals surface area contributed by atoms with Gasteiger partial charge in [0.1, 0.15) is 17.0 Å². The van der Waals surface area contributed by atoms with Crippen LogP contribution in [0.15, 0.2) is 0 Å². The van der Waals surface area contributed by atoms with Crippen molar-refractivity contribution in [1.82, 2.24) is 9.97 Å². The van der Waals surface area contributed by atoms with Gasteiger partial charge in [-0.3, -0.25) is 0 Å². The Bertz CT molecular complexity index is 295. The van der Waals surface area contributed by atoms with Gasteiger partial charge in [0.25, 0.3) is 0 Å². The molecule has 0 saturated heterocycles. The van der Waals surface area contributed by atoms with Crippen molar-refractivity contribution in [3.05, 3.63) is 16.7 Å². The van der Waals surface area contributed by atoms with E-state index in [1.807, 2.05) is 19.9 Å². The summed E-state index contributed by atoms with van der Waals surface area (Å²) in [5.74, 6) is 1.03. The van der Waals surface area contributed by atoms with Crippen molar-refractivity contribution >= 4 is 11.6 Å². The van der Waals surface area contributed by atoms with Crippen LogP contribution in [0.5, 0.6) is 0 Å². The topological polar surface area (TPSA) is 52.5 Å². The van der Waals surface area contributed by atoms with Gasteiger partial charge < -0.3 is 4.98 Å². The molecule has 4 heteroatoms. The van der Waals surface area contributed by atoms with E-state index in [0.29, 0.717) is 5.15 Å². The third-order valence-corrected chi connectivity index (χ3v) is 1.60. The maximum Gasteiger partial charge on any atom is 0.177 e. The standard InChI is InChI=1S/C7H8ClN3/c1-4(2)7-10-5(3-9)6(8)11-7/h4H,1-2H3,(H,10,11). The summed E-state index contributed by atoms with van der Waals surface area (Å²) in [4.78, 5) is 6.81. The molecule has 0 fully saturated rings. The number of aromatic amines is 1. The Morgan fingerprint density at radius 3 is 2.55 bits per heavy atom. The lowest BCUT2D eigenvalue weighted by molar-refractivity contribution is 0.793. The summed E-state index contributed by atoms with van der Waals surface area (Å²) < 4.78 is 0. The van der Waals surface area contributed by atoms with Gasteiger partial charge in [-0.1, -0.05) is 25.4 Å². The van der Waals surface area contributed by atoms with Gasteiger partial charge in [0.15, 0.2) is 5.69 Å². The smallest absolute Gasteiger partial charge is 0.177 e. The lowest BCUT2D eigenvalue weighted by atomic mass is 10.2. The molecule has 1 aromatic rings. The van der Waals surface area contributed by atoms with Crippen LogP contribution < -0.4 is 0 Å². The fourth-order valence-corrected chi connectivity index (χ4v) is 0.898. The number of nitriles is 1. The molecule has 3 nitrogen and oxygen atoms in total. The van der Waals surface area contributed by atoms with Crippen molar-refractivity contribution in [3.63, 3.8) is 0 Å². The van der Waals surface area contributed by atoms with E-state index in [-0.39, 0.29) is 11.6 Å². The van der Waals surface area contributed by atoms with E-state index in [0.717, 1.165) is 5.82 Å². The predicted octanol–water partition coefficient (Wildman–Crippen LogP) is 2.06. The van der Waals surface area contributed by atoms with E-state index < -0.39 is 0 Å². The van der Waals surface area contributed by atoms with Gasteiger partial charge in [-0.2, -0.15) is 5.26 Å². The normalized spacial score (nSPS) is 10.1. The van der Waals surface area contributed by atoms with E-state index in [2.05, 4.69) is 9.97 Å². The molecular formula is C7H8ClN3. The second kappa shape index (κ2) is 2.93. The van der Waals surface area contributed by atoms with Gasteiger partial charge in [-0.05, 0) is 0 Å². The van der Waals surface area contributed by atoms with E-state index in [4.69, 9.17) is 16.9 Å². The number of aromatic nitrogens is 2. The van der Waals surface area contributed by atoms with Crippen LogP contribution in [0.2, 0.25) is 5.15 Å². The summed E-state index contributed by atoms with van der Waals surface area (Å²) in [7, 11) is 0. The highest BCUT2D eigenvalue weighted by Gasteiger charge is 2.09. The first kappa shape index (κ1) is 8.09. The van der Waals surface area contributed by atoms with Crippen molar-refractivity contribution in [2.75, 3.05) is 0 Å². The second-order valence-electron chi connectivity index (χ2n) is 2.55. The molecule has 0 amide bonds. The fourth-order valence-electron chi connectivity index (χ4n) is 0.717. The minimum atomic E-state index is 0.273. The van der Waals surface area contributed by atoms with Gasteiger partial charge in [-0.25, -0.2) is 4.98 Å². The number of hydrogen-bond donors (Lipinski definition) is 1. The Morgan fingerprint density at radius 2 is 2.27 bits per heavy atom. The zero-order valence-electron chi connectivity index (χ0n) is 6.35. The Morgan fingerprint density at radius 1 is 1.64 bits per heavy atom. The van der Waals surface area contributed by atoms with E-state index >= 15 is 0 Å². The van der Waals surface area contributed by atoms with Crippen LogP contribution >= 0.6 is 11.6 Å². The molecule has 58 valence electrons. The molecule has 0 radical (unpaired) electrons. The van der Waals surface area contributed by atoms with Crippen LogP contribution in [0.4, 0.5) is 0 Å². The summed E-state index contributed by atoms with van der Waals surface area (Å²) in [6.07, 6.45) is 0. The average molecular weight is 170 g/mol. The SMILES string of the molecule is CC(C)c1nc(C#N)c(Cl)[nH]1. The van der Waals surface area contributed by atoms with Crippen LogP contribution in [0.25, 0.3) is 0 Å². The van der Waals surface area contributed by atoms with Crippen molar-refractivity contribution < 1.29 is 0 Å². The van der Waals surface area contributed by atoms with Crippen molar-refractivity contribution in [2.24, 2.45) is 0 Å². The number of rotatable bonds is 1. The number of imidazole rings is 1. The molecule has 0 aliphatic heterocycles. The maximum atomic E-state index is 8.50. The van der Waals surface area contributed by atoms with Gasteiger partial charge in [0.2, 0.25) is 0 Å². The van der Waals surface area contributed by atoms with Gasteiger partial charge in [0, 0.05) is 5.92 Å². The monoisotopic (exact) mass is 169 g/mol. The molecule has 0 aromatic carbocycles. The first-order valence-corrected chi connectivity index (χ1v) is 3.68. The molecule has 0 saturated carbocycles. The Kier molecular flexibility index (Phi) is 2.16. The largest absolute Gasteiger partial charge is 0.332 e. The van der Waals surface area contributed by atoms with Gasteiger partial charge in [-0.15, -0.1) is 0 Å². The van der Waals surface area contributed by atoms with Crippen LogP contribution in [0.3, 0.4) is 0 Å².